The van der Waals surface area contributed by atoms with Gasteiger partial charge in [-0.3, -0.25) is 4.79 Å². The van der Waals surface area contributed by atoms with E-state index >= 15 is 0 Å². The second-order valence-corrected chi connectivity index (χ2v) is 6.87. The Morgan fingerprint density at radius 3 is 1.95 bits per heavy atom. The summed E-state index contributed by atoms with van der Waals surface area (Å²) in [4.78, 5) is 10.4. The molecule has 19 heavy (non-hydrogen) atoms. The number of rotatable bonds is 2. The van der Waals surface area contributed by atoms with Crippen LogP contribution in [-0.2, 0) is 9.84 Å². The van der Waals surface area contributed by atoms with Crippen LogP contribution in [0.5, 0.6) is 0 Å². The van der Waals surface area contributed by atoms with Gasteiger partial charge in [-0.15, -0.1) is 0 Å². The fourth-order valence-electron chi connectivity index (χ4n) is 1.93. The molecule has 0 atom stereocenters. The summed E-state index contributed by atoms with van der Waals surface area (Å²) in [6.45, 7) is 0. The molecule has 4 nitrogen and oxygen atoms in total. The van der Waals surface area contributed by atoms with Crippen LogP contribution < -0.4 is 5.73 Å². The Labute approximate surface area is 114 Å². The Morgan fingerprint density at radius 1 is 1.11 bits per heavy atom. The molecule has 2 N–H and O–H groups in total. The zero-order valence-electron chi connectivity index (χ0n) is 11.2. The molecule has 1 saturated carbocycles. The highest BCUT2D eigenvalue weighted by molar-refractivity contribution is 7.90. The van der Waals surface area contributed by atoms with Crippen LogP contribution in [0.3, 0.4) is 0 Å². The highest BCUT2D eigenvalue weighted by Gasteiger charge is 2.06. The number of hydrogen-bond donors (Lipinski definition) is 1. The molecule has 0 aromatic heterocycles. The Bertz CT molecular complexity index is 488. The Hall–Kier alpha value is -1.20. The molecule has 1 aromatic carbocycles. The van der Waals surface area contributed by atoms with E-state index in [4.69, 9.17) is 5.73 Å². The van der Waals surface area contributed by atoms with Crippen molar-refractivity contribution >= 4 is 16.1 Å². The Morgan fingerprint density at radius 2 is 1.63 bits per heavy atom. The van der Waals surface area contributed by atoms with Crippen molar-refractivity contribution in [1.82, 2.24) is 0 Å². The number of carbonyl (C=O) groups excluding carboxylic acids is 1. The smallest absolute Gasteiger partial charge is 0.175 e. The van der Waals surface area contributed by atoms with E-state index in [9.17, 15) is 13.2 Å². The van der Waals surface area contributed by atoms with Gasteiger partial charge in [0.1, 0.15) is 6.29 Å². The molecule has 2 rings (SSSR count). The van der Waals surface area contributed by atoms with Crippen LogP contribution in [0.4, 0.5) is 0 Å². The number of aldehydes is 1. The Kier molecular flexibility index (Phi) is 6.18. The first-order valence-corrected chi connectivity index (χ1v) is 8.33. The fourth-order valence-corrected chi connectivity index (χ4v) is 2.56. The van der Waals surface area contributed by atoms with Crippen LogP contribution in [0.2, 0.25) is 0 Å². The second-order valence-electron chi connectivity index (χ2n) is 4.86. The number of sulfone groups is 1. The number of benzene rings is 1. The van der Waals surface area contributed by atoms with E-state index < -0.39 is 9.84 Å². The molecule has 0 radical (unpaired) electrons. The predicted molar refractivity (Wildman–Crippen MR) is 76.0 cm³/mol. The summed E-state index contributed by atoms with van der Waals surface area (Å²) >= 11 is 0. The highest BCUT2D eigenvalue weighted by atomic mass is 32.2. The molecule has 0 heterocycles. The van der Waals surface area contributed by atoms with E-state index in [1.54, 1.807) is 0 Å². The molecule has 0 saturated heterocycles. The molecule has 1 aliphatic carbocycles. The summed E-state index contributed by atoms with van der Waals surface area (Å²) in [6.07, 6.45) is 8.46. The van der Waals surface area contributed by atoms with Crippen LogP contribution in [0.15, 0.2) is 29.2 Å². The summed E-state index contributed by atoms with van der Waals surface area (Å²) in [5.41, 5.74) is 6.11. The lowest BCUT2D eigenvalue weighted by molar-refractivity contribution is 0.112. The minimum absolute atomic E-state index is 0.230. The van der Waals surface area contributed by atoms with Crippen molar-refractivity contribution in [2.75, 3.05) is 6.26 Å². The molecule has 1 fully saturated rings. The lowest BCUT2D eigenvalue weighted by atomic mass is 9.97. The monoisotopic (exact) mass is 283 g/mol. The van der Waals surface area contributed by atoms with E-state index in [0.29, 0.717) is 17.9 Å². The average molecular weight is 283 g/mol. The van der Waals surface area contributed by atoms with Crippen LogP contribution in [-0.4, -0.2) is 27.0 Å². The molecule has 5 heteroatoms. The van der Waals surface area contributed by atoms with Gasteiger partial charge in [-0.05, 0) is 25.0 Å². The largest absolute Gasteiger partial charge is 0.328 e. The van der Waals surface area contributed by atoms with Gasteiger partial charge in [0, 0.05) is 17.9 Å². The van der Waals surface area contributed by atoms with E-state index in [1.165, 1.54) is 56.4 Å². The summed E-state index contributed by atoms with van der Waals surface area (Å²) in [7, 11) is -3.14. The van der Waals surface area contributed by atoms with Gasteiger partial charge < -0.3 is 5.73 Å². The summed E-state index contributed by atoms with van der Waals surface area (Å²) < 4.78 is 21.9. The molecule has 0 aliphatic heterocycles. The summed E-state index contributed by atoms with van der Waals surface area (Å²) in [5.74, 6) is 0. The maximum absolute atomic E-state index is 10.9. The molecule has 1 aliphatic rings. The lowest BCUT2D eigenvalue weighted by Crippen LogP contribution is -2.22. The first-order chi connectivity index (χ1) is 8.93. The molecular formula is C14H21NO3S. The second kappa shape index (κ2) is 7.40. The van der Waals surface area contributed by atoms with Crippen molar-refractivity contribution in [3.8, 4) is 0 Å². The van der Waals surface area contributed by atoms with Gasteiger partial charge in [-0.25, -0.2) is 8.42 Å². The third-order valence-corrected chi connectivity index (χ3v) is 4.22. The molecule has 106 valence electrons. The quantitative estimate of drug-likeness (QED) is 0.844. The zero-order chi connectivity index (χ0) is 14.3. The number of carbonyl (C=O) groups is 1. The van der Waals surface area contributed by atoms with Gasteiger partial charge >= 0.3 is 0 Å². The summed E-state index contributed by atoms with van der Waals surface area (Å²) in [6, 6.07) is 6.32. The maximum atomic E-state index is 10.9. The minimum atomic E-state index is -3.14. The van der Waals surface area contributed by atoms with E-state index in [2.05, 4.69) is 0 Å². The van der Waals surface area contributed by atoms with Crippen LogP contribution in [0, 0.1) is 0 Å². The van der Waals surface area contributed by atoms with Crippen molar-refractivity contribution < 1.29 is 13.2 Å². The number of nitrogens with two attached hydrogens (primary N) is 1. The summed E-state index contributed by atoms with van der Waals surface area (Å²) in [5, 5.41) is 0. The van der Waals surface area contributed by atoms with Gasteiger partial charge in [0.2, 0.25) is 0 Å². The fraction of sp³-hybridized carbons (Fsp3) is 0.500. The first-order valence-electron chi connectivity index (χ1n) is 6.44. The third-order valence-electron chi connectivity index (χ3n) is 3.09. The standard InChI is InChI=1S/C8H8O3S.C6H13N/c1-12(10,11)8-4-2-7(6-9)3-5-8;7-6-4-2-1-3-5-6/h2-6H,1H3;6H,1-5,7H2. The van der Waals surface area contributed by atoms with Crippen molar-refractivity contribution in [3.05, 3.63) is 29.8 Å². The van der Waals surface area contributed by atoms with Crippen molar-refractivity contribution in [2.45, 2.75) is 43.0 Å². The molecule has 1 aromatic rings. The van der Waals surface area contributed by atoms with Crippen LogP contribution in [0.25, 0.3) is 0 Å². The molecule has 0 spiro atoms. The van der Waals surface area contributed by atoms with Gasteiger partial charge in [-0.1, -0.05) is 31.4 Å². The van der Waals surface area contributed by atoms with Crippen molar-refractivity contribution in [2.24, 2.45) is 5.73 Å². The van der Waals surface area contributed by atoms with Crippen molar-refractivity contribution in [3.63, 3.8) is 0 Å². The van der Waals surface area contributed by atoms with Gasteiger partial charge in [0.05, 0.1) is 4.90 Å². The average Bonchev–Trinajstić information content (AvgIpc) is 2.39. The first kappa shape index (κ1) is 15.9. The topological polar surface area (TPSA) is 77.2 Å². The maximum Gasteiger partial charge on any atom is 0.175 e. The van der Waals surface area contributed by atoms with Crippen LogP contribution in [0.1, 0.15) is 42.5 Å². The van der Waals surface area contributed by atoms with Crippen molar-refractivity contribution in [1.29, 1.82) is 0 Å². The normalized spacial score (nSPS) is 16.3. The minimum Gasteiger partial charge on any atom is -0.328 e. The molecule has 0 unspecified atom stereocenters. The predicted octanol–water partition coefficient (Wildman–Crippen LogP) is 2.18. The third kappa shape index (κ3) is 5.98. The zero-order valence-corrected chi connectivity index (χ0v) is 12.0. The van der Waals surface area contributed by atoms with E-state index in [0.717, 1.165) is 6.26 Å². The van der Waals surface area contributed by atoms with Gasteiger partial charge in [0.25, 0.3) is 0 Å². The highest BCUT2D eigenvalue weighted by Crippen LogP contribution is 2.14. The van der Waals surface area contributed by atoms with Gasteiger partial charge in [0.15, 0.2) is 9.84 Å². The Balaban J connectivity index is 0.000000218. The number of hydrogen-bond acceptors (Lipinski definition) is 4. The molecule has 0 amide bonds. The SMILES string of the molecule is CS(=O)(=O)c1ccc(C=O)cc1.NC1CCCCC1. The van der Waals surface area contributed by atoms with E-state index in [1.807, 2.05) is 0 Å². The molecular weight excluding hydrogens is 262 g/mol. The lowest BCUT2D eigenvalue weighted by Gasteiger charge is -2.15. The van der Waals surface area contributed by atoms with Crippen LogP contribution >= 0.6 is 0 Å². The van der Waals surface area contributed by atoms with Gasteiger partial charge in [-0.2, -0.15) is 0 Å². The molecule has 0 bridgehead atoms. The van der Waals surface area contributed by atoms with E-state index in [-0.39, 0.29) is 4.90 Å².